The largest absolute Gasteiger partial charge is 0.313 e. The van der Waals surface area contributed by atoms with E-state index >= 15 is 0 Å². The number of anilines is 6. The number of hydrogen-bond donors (Lipinski definition) is 0. The van der Waals surface area contributed by atoms with E-state index in [4.69, 9.17) is 0 Å². The Balaban J connectivity index is 1.06. The molecule has 0 bridgehead atoms. The summed E-state index contributed by atoms with van der Waals surface area (Å²) in [6.07, 6.45) is 8.80. The van der Waals surface area contributed by atoms with Gasteiger partial charge in [-0.15, -0.1) is 11.3 Å². The minimum Gasteiger partial charge on any atom is -0.313 e. The number of aromatic nitrogens is 1. The van der Waals surface area contributed by atoms with Crippen molar-refractivity contribution in [2.24, 2.45) is 0 Å². The molecule has 10 aromatic carbocycles. The first-order valence-corrected chi connectivity index (χ1v) is 25.6. The molecule has 0 saturated carbocycles. The Morgan fingerprint density at radius 1 is 0.465 bits per heavy atom. The lowest BCUT2D eigenvalue weighted by molar-refractivity contribution is 0.661. The molecular formula is C67H49N3S. The van der Waals surface area contributed by atoms with Gasteiger partial charge in [-0.05, 0) is 142 Å². The first-order valence-electron chi connectivity index (χ1n) is 24.8. The van der Waals surface area contributed by atoms with Crippen molar-refractivity contribution in [3.05, 3.63) is 248 Å². The molecule has 0 fully saturated rings. The predicted molar refractivity (Wildman–Crippen MR) is 305 cm³/mol. The summed E-state index contributed by atoms with van der Waals surface area (Å²) in [7, 11) is 0. The van der Waals surface area contributed by atoms with Crippen LogP contribution in [0.3, 0.4) is 0 Å². The molecule has 2 aromatic heterocycles. The number of allylic oxidation sites excluding steroid dienone is 4. The molecule has 0 N–H and O–H groups in total. The lowest BCUT2D eigenvalue weighted by Gasteiger charge is -2.31. The number of para-hydroxylation sites is 3. The minimum absolute atomic E-state index is 0.189. The van der Waals surface area contributed by atoms with Crippen molar-refractivity contribution in [3.8, 4) is 22.3 Å². The van der Waals surface area contributed by atoms with Gasteiger partial charge in [0.25, 0.3) is 0 Å². The zero-order valence-electron chi connectivity index (χ0n) is 39.7. The van der Waals surface area contributed by atoms with Crippen LogP contribution in [0.4, 0.5) is 34.1 Å². The number of rotatable bonds is 8. The quantitative estimate of drug-likeness (QED) is 0.150. The van der Waals surface area contributed by atoms with Gasteiger partial charge in [0.1, 0.15) is 0 Å². The van der Waals surface area contributed by atoms with Crippen molar-refractivity contribution >= 4 is 104 Å². The Morgan fingerprint density at radius 3 is 1.94 bits per heavy atom. The van der Waals surface area contributed by atoms with Crippen molar-refractivity contribution in [2.75, 3.05) is 9.80 Å². The molecule has 2 aliphatic rings. The van der Waals surface area contributed by atoms with Crippen molar-refractivity contribution in [1.82, 2.24) is 4.57 Å². The van der Waals surface area contributed by atoms with E-state index in [2.05, 4.69) is 265 Å². The molecule has 0 amide bonds. The highest BCUT2D eigenvalue weighted by atomic mass is 32.1. The molecule has 2 heterocycles. The molecule has 71 heavy (non-hydrogen) atoms. The second kappa shape index (κ2) is 16.3. The van der Waals surface area contributed by atoms with E-state index in [1.807, 2.05) is 11.3 Å². The normalized spacial score (nSPS) is 13.8. The Hall–Kier alpha value is -8.44. The van der Waals surface area contributed by atoms with Crippen LogP contribution in [-0.4, -0.2) is 4.57 Å². The number of hydrogen-bond acceptors (Lipinski definition) is 3. The number of nitrogens with zero attached hydrogens (tertiary/aromatic N) is 3. The van der Waals surface area contributed by atoms with Crippen LogP contribution in [0.5, 0.6) is 0 Å². The molecule has 0 atom stereocenters. The topological polar surface area (TPSA) is 11.4 Å². The van der Waals surface area contributed by atoms with E-state index < -0.39 is 0 Å². The standard InChI is InChI=1S/C67H49N3S/c1-67(2)59-38-34-44-19-12-13-26-53(44)65(59)58-36-33-45(41-60(58)67)46-39-51(68(47-20-6-3-7-21-47)48-22-8-4-9-23-48)42-52(40-46)69(62-31-18-29-57-56-28-15-17-32-64(56)71-66(57)62)50-35-37-55-54-27-14-16-30-61(54)70(63(55)43-50)49-24-10-5-11-25-49/h3-10,12-24,26-43H,11,25H2,1-2H3. The summed E-state index contributed by atoms with van der Waals surface area (Å²) in [5.74, 6) is 0. The predicted octanol–water partition coefficient (Wildman–Crippen LogP) is 19.4. The summed E-state index contributed by atoms with van der Waals surface area (Å²) in [5.41, 5.74) is 17.9. The van der Waals surface area contributed by atoms with Crippen LogP contribution >= 0.6 is 11.3 Å². The van der Waals surface area contributed by atoms with Crippen LogP contribution in [0.1, 0.15) is 37.8 Å². The maximum atomic E-state index is 2.54. The van der Waals surface area contributed by atoms with Crippen LogP contribution in [0.2, 0.25) is 0 Å². The minimum atomic E-state index is -0.189. The lowest BCUT2D eigenvalue weighted by atomic mass is 9.81. The first-order chi connectivity index (χ1) is 35.0. The van der Waals surface area contributed by atoms with Gasteiger partial charge in [-0.2, -0.15) is 0 Å². The molecule has 14 rings (SSSR count). The third-order valence-electron chi connectivity index (χ3n) is 15.2. The molecule has 0 aliphatic heterocycles. The Bertz CT molecular complexity index is 4110. The summed E-state index contributed by atoms with van der Waals surface area (Å²) in [6.45, 7) is 4.79. The monoisotopic (exact) mass is 927 g/mol. The van der Waals surface area contributed by atoms with E-state index in [1.165, 1.54) is 86.3 Å². The van der Waals surface area contributed by atoms with Gasteiger partial charge in [0.05, 0.1) is 21.4 Å². The van der Waals surface area contributed by atoms with Crippen LogP contribution in [0, 0.1) is 0 Å². The smallest absolute Gasteiger partial charge is 0.0640 e. The van der Waals surface area contributed by atoms with Gasteiger partial charge in [0.2, 0.25) is 0 Å². The van der Waals surface area contributed by atoms with E-state index in [9.17, 15) is 0 Å². The number of thiophene rings is 1. The molecule has 3 nitrogen and oxygen atoms in total. The van der Waals surface area contributed by atoms with E-state index in [-0.39, 0.29) is 5.41 Å². The fourth-order valence-electron chi connectivity index (χ4n) is 11.8. The molecule has 0 radical (unpaired) electrons. The van der Waals surface area contributed by atoms with Gasteiger partial charge in [-0.3, -0.25) is 0 Å². The zero-order chi connectivity index (χ0) is 47.2. The van der Waals surface area contributed by atoms with Crippen LogP contribution < -0.4 is 9.80 Å². The SMILES string of the molecule is CC1(C)c2cc(-c3cc(N(c4ccccc4)c4ccccc4)cc(N(c4ccc5c6ccccc6n(C6=CC=CCC6)c5c4)c4cccc5c4sc4ccccc45)c3)ccc2-c2c1ccc1ccccc21. The average molecular weight is 928 g/mol. The summed E-state index contributed by atoms with van der Waals surface area (Å²) < 4.78 is 5.05. The molecule has 2 aliphatic carbocycles. The number of benzene rings is 10. The van der Waals surface area contributed by atoms with E-state index in [0.29, 0.717) is 0 Å². The Morgan fingerprint density at radius 2 is 1.15 bits per heavy atom. The van der Waals surface area contributed by atoms with Gasteiger partial charge in [-0.25, -0.2) is 0 Å². The highest BCUT2D eigenvalue weighted by Gasteiger charge is 2.37. The van der Waals surface area contributed by atoms with Crippen LogP contribution in [-0.2, 0) is 5.41 Å². The fraction of sp³-hybridized carbons (Fsp3) is 0.0746. The van der Waals surface area contributed by atoms with Gasteiger partial charge in [0, 0.05) is 65.8 Å². The van der Waals surface area contributed by atoms with Gasteiger partial charge < -0.3 is 14.4 Å². The molecule has 12 aromatic rings. The van der Waals surface area contributed by atoms with E-state index in [1.54, 1.807) is 0 Å². The third kappa shape index (κ3) is 6.62. The summed E-state index contributed by atoms with van der Waals surface area (Å²) >= 11 is 1.88. The molecule has 0 unspecified atom stereocenters. The maximum absolute atomic E-state index is 2.54. The van der Waals surface area contributed by atoms with Gasteiger partial charge in [-0.1, -0.05) is 166 Å². The summed E-state index contributed by atoms with van der Waals surface area (Å²) in [6, 6.07) is 81.4. The molecule has 0 spiro atoms. The fourth-order valence-corrected chi connectivity index (χ4v) is 13.0. The lowest BCUT2D eigenvalue weighted by Crippen LogP contribution is -2.15. The Kier molecular flexibility index (Phi) is 9.55. The third-order valence-corrected chi connectivity index (χ3v) is 16.4. The second-order valence-electron chi connectivity index (χ2n) is 19.6. The molecular weight excluding hydrogens is 879 g/mol. The van der Waals surface area contributed by atoms with Crippen molar-refractivity contribution in [1.29, 1.82) is 0 Å². The summed E-state index contributed by atoms with van der Waals surface area (Å²) in [4.78, 5) is 4.95. The van der Waals surface area contributed by atoms with Gasteiger partial charge >= 0.3 is 0 Å². The summed E-state index contributed by atoms with van der Waals surface area (Å²) in [5, 5.41) is 7.66. The average Bonchev–Trinajstić information content (AvgIpc) is 4.05. The first kappa shape index (κ1) is 41.5. The van der Waals surface area contributed by atoms with Crippen molar-refractivity contribution in [3.63, 3.8) is 0 Å². The Labute approximate surface area is 418 Å². The van der Waals surface area contributed by atoms with Crippen molar-refractivity contribution < 1.29 is 0 Å². The highest BCUT2D eigenvalue weighted by molar-refractivity contribution is 7.26. The zero-order valence-corrected chi connectivity index (χ0v) is 40.5. The number of fused-ring (bicyclic) bond motifs is 11. The molecule has 4 heteroatoms. The van der Waals surface area contributed by atoms with Gasteiger partial charge in [0.15, 0.2) is 0 Å². The van der Waals surface area contributed by atoms with E-state index in [0.717, 1.165) is 52.5 Å². The maximum Gasteiger partial charge on any atom is 0.0640 e. The molecule has 0 saturated heterocycles. The second-order valence-corrected chi connectivity index (χ2v) is 20.7. The van der Waals surface area contributed by atoms with Crippen LogP contribution in [0.25, 0.3) is 80.7 Å². The highest BCUT2D eigenvalue weighted by Crippen LogP contribution is 2.54. The molecule has 338 valence electrons. The van der Waals surface area contributed by atoms with Crippen molar-refractivity contribution in [2.45, 2.75) is 32.1 Å². The van der Waals surface area contributed by atoms with Crippen LogP contribution in [0.15, 0.2) is 237 Å².